The number of H-pyrrole nitrogens is 1. The van der Waals surface area contributed by atoms with Crippen LogP contribution in [-0.4, -0.2) is 13.4 Å². The molecule has 3 aromatic rings. The van der Waals surface area contributed by atoms with Gasteiger partial charge in [-0.05, 0) is 11.6 Å². The number of fused-ring (bicyclic) bond motifs is 1. The van der Waals surface area contributed by atoms with Gasteiger partial charge in [0.2, 0.25) is 0 Å². The topological polar surface area (TPSA) is 49.9 Å². The Bertz CT molecular complexity index is 804. The predicted octanol–water partition coefficient (Wildman–Crippen LogP) is 3.14. The van der Waals surface area contributed by atoms with Crippen LogP contribution < -0.4 is 0 Å². The lowest BCUT2D eigenvalue weighted by Gasteiger charge is -2.03. The summed E-state index contributed by atoms with van der Waals surface area (Å²) in [6.45, 7) is 0. The zero-order valence-corrected chi connectivity index (χ0v) is 11.0. The minimum atomic E-state index is -3.33. The first-order chi connectivity index (χ1) is 9.17. The zero-order chi connectivity index (χ0) is 13.3. The molecule has 0 unspecified atom stereocenters. The Labute approximate surface area is 111 Å². The van der Waals surface area contributed by atoms with Crippen molar-refractivity contribution in [1.82, 2.24) is 4.98 Å². The largest absolute Gasteiger partial charge is 0.360 e. The van der Waals surface area contributed by atoms with Gasteiger partial charge in [-0.3, -0.25) is 0 Å². The molecule has 0 aliphatic rings. The number of benzene rings is 2. The predicted molar refractivity (Wildman–Crippen MR) is 75.6 cm³/mol. The number of sulfone groups is 1. The molecule has 3 nitrogen and oxygen atoms in total. The van der Waals surface area contributed by atoms with Gasteiger partial charge in [0.25, 0.3) is 0 Å². The van der Waals surface area contributed by atoms with Crippen LogP contribution in [0.5, 0.6) is 0 Å². The monoisotopic (exact) mass is 271 g/mol. The molecule has 0 atom stereocenters. The summed E-state index contributed by atoms with van der Waals surface area (Å²) in [7, 11) is -3.33. The van der Waals surface area contributed by atoms with E-state index in [9.17, 15) is 8.42 Å². The van der Waals surface area contributed by atoms with Gasteiger partial charge in [0.1, 0.15) is 0 Å². The van der Waals surface area contributed by atoms with Crippen molar-refractivity contribution < 1.29 is 8.42 Å². The third-order valence-corrected chi connectivity index (χ3v) is 4.81. The van der Waals surface area contributed by atoms with Gasteiger partial charge in [-0.25, -0.2) is 8.42 Å². The Morgan fingerprint density at radius 1 is 0.895 bits per heavy atom. The van der Waals surface area contributed by atoms with Gasteiger partial charge < -0.3 is 4.98 Å². The summed E-state index contributed by atoms with van der Waals surface area (Å²) in [4.78, 5) is 3.37. The van der Waals surface area contributed by atoms with Gasteiger partial charge in [0.05, 0.1) is 10.6 Å². The lowest BCUT2D eigenvalue weighted by Crippen LogP contribution is -2.04. The molecule has 0 fully saturated rings. The zero-order valence-electron chi connectivity index (χ0n) is 10.2. The number of hydrogen-bond acceptors (Lipinski definition) is 2. The summed E-state index contributed by atoms with van der Waals surface area (Å²) < 4.78 is 24.9. The highest BCUT2D eigenvalue weighted by atomic mass is 32.2. The van der Waals surface area contributed by atoms with E-state index < -0.39 is 9.84 Å². The van der Waals surface area contributed by atoms with Crippen LogP contribution in [0.1, 0.15) is 5.56 Å². The summed E-state index contributed by atoms with van der Waals surface area (Å²) >= 11 is 0. The molecule has 0 amide bonds. The first-order valence-electron chi connectivity index (χ1n) is 6.00. The molecule has 0 aliphatic heterocycles. The maximum absolute atomic E-state index is 12.5. The Morgan fingerprint density at radius 3 is 2.37 bits per heavy atom. The highest BCUT2D eigenvalue weighted by molar-refractivity contribution is 7.90. The van der Waals surface area contributed by atoms with Crippen LogP contribution in [0, 0.1) is 0 Å². The smallest absolute Gasteiger partial charge is 0.184 e. The summed E-state index contributed by atoms with van der Waals surface area (Å²) in [6, 6.07) is 16.6. The molecule has 96 valence electrons. The lowest BCUT2D eigenvalue weighted by molar-refractivity contribution is 0.596. The molecule has 0 radical (unpaired) electrons. The molecule has 1 N–H and O–H groups in total. The first kappa shape index (κ1) is 12.0. The molecule has 0 saturated heterocycles. The van der Waals surface area contributed by atoms with E-state index >= 15 is 0 Å². The fourth-order valence-electron chi connectivity index (χ4n) is 2.17. The van der Waals surface area contributed by atoms with Crippen molar-refractivity contribution in [3.05, 3.63) is 66.4 Å². The average Bonchev–Trinajstić information content (AvgIpc) is 2.84. The number of rotatable bonds is 3. The summed E-state index contributed by atoms with van der Waals surface area (Å²) in [5.41, 5.74) is 1.64. The van der Waals surface area contributed by atoms with Crippen molar-refractivity contribution >= 4 is 20.7 Å². The molecular weight excluding hydrogens is 258 g/mol. The SMILES string of the molecule is O=S(=O)(Cc1ccccc1)c1c[nH]c2ccccc12. The van der Waals surface area contributed by atoms with Crippen molar-refractivity contribution in [2.24, 2.45) is 0 Å². The molecule has 0 saturated carbocycles. The van der Waals surface area contributed by atoms with Crippen LogP contribution in [0.3, 0.4) is 0 Å². The molecule has 19 heavy (non-hydrogen) atoms. The van der Waals surface area contributed by atoms with Gasteiger partial charge in [-0.2, -0.15) is 0 Å². The number of para-hydroxylation sites is 1. The van der Waals surface area contributed by atoms with Crippen molar-refractivity contribution in [2.45, 2.75) is 10.6 Å². The van der Waals surface area contributed by atoms with E-state index in [4.69, 9.17) is 0 Å². The summed E-state index contributed by atoms with van der Waals surface area (Å²) in [5, 5.41) is 0.749. The minimum Gasteiger partial charge on any atom is -0.360 e. The van der Waals surface area contributed by atoms with Gasteiger partial charge in [0.15, 0.2) is 9.84 Å². The Hall–Kier alpha value is -2.07. The standard InChI is InChI=1S/C15H13NO2S/c17-19(18,11-12-6-2-1-3-7-12)15-10-16-14-9-5-4-8-13(14)15/h1-10,16H,11H2. The normalized spacial score (nSPS) is 11.8. The molecule has 0 bridgehead atoms. The number of nitrogens with one attached hydrogen (secondary N) is 1. The lowest BCUT2D eigenvalue weighted by atomic mass is 10.2. The first-order valence-corrected chi connectivity index (χ1v) is 7.65. The van der Waals surface area contributed by atoms with Crippen molar-refractivity contribution in [3.63, 3.8) is 0 Å². The second-order valence-electron chi connectivity index (χ2n) is 4.44. The van der Waals surface area contributed by atoms with Gasteiger partial charge in [0, 0.05) is 17.1 Å². The Morgan fingerprint density at radius 2 is 1.58 bits per heavy atom. The van der Waals surface area contributed by atoms with Crippen LogP contribution in [0.4, 0.5) is 0 Å². The van der Waals surface area contributed by atoms with Gasteiger partial charge in [-0.15, -0.1) is 0 Å². The van der Waals surface area contributed by atoms with E-state index in [2.05, 4.69) is 4.98 Å². The van der Waals surface area contributed by atoms with Crippen molar-refractivity contribution in [1.29, 1.82) is 0 Å². The molecule has 1 heterocycles. The number of hydrogen-bond donors (Lipinski definition) is 1. The second kappa shape index (κ2) is 4.55. The maximum Gasteiger partial charge on any atom is 0.184 e. The fraction of sp³-hybridized carbons (Fsp3) is 0.0667. The van der Waals surface area contributed by atoms with Gasteiger partial charge >= 0.3 is 0 Å². The quantitative estimate of drug-likeness (QED) is 0.795. The highest BCUT2D eigenvalue weighted by Crippen LogP contribution is 2.25. The number of aromatic amines is 1. The van der Waals surface area contributed by atoms with E-state index in [0.29, 0.717) is 4.90 Å². The van der Waals surface area contributed by atoms with E-state index in [1.54, 1.807) is 6.20 Å². The Balaban J connectivity index is 2.05. The Kier molecular flexibility index (Phi) is 2.87. The van der Waals surface area contributed by atoms with Gasteiger partial charge in [-0.1, -0.05) is 48.5 Å². The minimum absolute atomic E-state index is 0.0235. The van der Waals surface area contributed by atoms with Crippen LogP contribution >= 0.6 is 0 Å². The highest BCUT2D eigenvalue weighted by Gasteiger charge is 2.19. The fourth-order valence-corrected chi connectivity index (χ4v) is 3.71. The summed E-state index contributed by atoms with van der Waals surface area (Å²) in [5.74, 6) is 0.0235. The average molecular weight is 271 g/mol. The van der Waals surface area contributed by atoms with Crippen LogP contribution in [0.25, 0.3) is 10.9 Å². The third-order valence-electron chi connectivity index (χ3n) is 3.09. The molecule has 4 heteroatoms. The molecule has 1 aromatic heterocycles. The van der Waals surface area contributed by atoms with Crippen LogP contribution in [0.2, 0.25) is 0 Å². The molecule has 3 rings (SSSR count). The second-order valence-corrected chi connectivity index (χ2v) is 6.40. The van der Waals surface area contributed by atoms with Crippen molar-refractivity contribution in [2.75, 3.05) is 0 Å². The molecular formula is C15H13NO2S. The number of aromatic nitrogens is 1. The van der Waals surface area contributed by atoms with E-state index in [-0.39, 0.29) is 5.75 Å². The van der Waals surface area contributed by atoms with Crippen molar-refractivity contribution in [3.8, 4) is 0 Å². The third kappa shape index (κ3) is 2.27. The van der Waals surface area contributed by atoms with E-state index in [1.807, 2.05) is 54.6 Å². The van der Waals surface area contributed by atoms with Crippen LogP contribution in [-0.2, 0) is 15.6 Å². The van der Waals surface area contributed by atoms with E-state index in [0.717, 1.165) is 16.5 Å². The molecule has 2 aromatic carbocycles. The van der Waals surface area contributed by atoms with E-state index in [1.165, 1.54) is 0 Å². The molecule has 0 spiro atoms. The summed E-state index contributed by atoms with van der Waals surface area (Å²) in [6.07, 6.45) is 1.57. The maximum atomic E-state index is 12.5. The van der Waals surface area contributed by atoms with Crippen LogP contribution in [0.15, 0.2) is 65.7 Å². The molecule has 0 aliphatic carbocycles.